The summed E-state index contributed by atoms with van der Waals surface area (Å²) in [6, 6.07) is 8.03. The van der Waals surface area contributed by atoms with Gasteiger partial charge in [-0.25, -0.2) is 4.98 Å². The number of nitrogens with zero attached hydrogens (tertiary/aromatic N) is 1. The van der Waals surface area contributed by atoms with Crippen LogP contribution in [0.15, 0.2) is 35.8 Å². The molecule has 0 bridgehead atoms. The third-order valence-corrected chi connectivity index (χ3v) is 5.79. The number of nitrogens with one attached hydrogen (secondary N) is 1. The molecule has 1 atom stereocenters. The van der Waals surface area contributed by atoms with Crippen molar-refractivity contribution in [3.63, 3.8) is 0 Å². The van der Waals surface area contributed by atoms with E-state index in [9.17, 15) is 4.79 Å². The van der Waals surface area contributed by atoms with Crippen molar-refractivity contribution in [2.45, 2.75) is 37.3 Å². The first-order chi connectivity index (χ1) is 11.6. The number of hydrogen-bond acceptors (Lipinski definition) is 5. The summed E-state index contributed by atoms with van der Waals surface area (Å²) in [4.78, 5) is 16.7. The summed E-state index contributed by atoms with van der Waals surface area (Å²) in [5.74, 6) is 0.0966. The zero-order chi connectivity index (χ0) is 16.6. The van der Waals surface area contributed by atoms with Gasteiger partial charge in [0.1, 0.15) is 5.01 Å². The Labute approximate surface area is 145 Å². The second kappa shape index (κ2) is 6.27. The van der Waals surface area contributed by atoms with E-state index in [0.717, 1.165) is 41.9 Å². The van der Waals surface area contributed by atoms with Gasteiger partial charge in [-0.05, 0) is 49.9 Å². The van der Waals surface area contributed by atoms with Crippen molar-refractivity contribution >= 4 is 22.9 Å². The Morgan fingerprint density at radius 1 is 1.29 bits per heavy atom. The van der Waals surface area contributed by atoms with Gasteiger partial charge in [-0.3, -0.25) is 4.79 Å². The monoisotopic (exact) mass is 343 g/mol. The van der Waals surface area contributed by atoms with Gasteiger partial charge in [-0.2, -0.15) is 0 Å². The van der Waals surface area contributed by atoms with E-state index in [1.807, 2.05) is 29.6 Å². The fourth-order valence-electron chi connectivity index (χ4n) is 3.68. The number of aromatic nitrogens is 1. The van der Waals surface area contributed by atoms with Crippen LogP contribution in [0.3, 0.4) is 0 Å². The molecule has 4 rings (SSSR count). The van der Waals surface area contributed by atoms with Gasteiger partial charge in [0.25, 0.3) is 0 Å². The average molecular weight is 343 g/mol. The minimum atomic E-state index is -0.144. The highest BCUT2D eigenvalue weighted by Gasteiger charge is 2.50. The van der Waals surface area contributed by atoms with Gasteiger partial charge >= 0.3 is 0 Å². The molecule has 5 nitrogen and oxygen atoms in total. The maximum atomic E-state index is 12.4. The molecule has 1 amide bonds. The van der Waals surface area contributed by atoms with Crippen molar-refractivity contribution in [1.82, 2.24) is 4.98 Å². The van der Waals surface area contributed by atoms with Crippen LogP contribution in [0.2, 0.25) is 0 Å². The molecule has 1 unspecified atom stereocenters. The van der Waals surface area contributed by atoms with Crippen LogP contribution in [0.4, 0.5) is 5.69 Å². The standard InChI is InChI=1S/C18H21N3O2S/c19-14-5-7-23-18(11-14)9-13(10-18)16(22)21-15-3-1-12(2-4-15)17-20-6-8-24-17/h1-4,6,8,13-14H,5,7,9-11,19H2,(H,21,22). The van der Waals surface area contributed by atoms with Gasteiger partial charge in [-0.15, -0.1) is 11.3 Å². The van der Waals surface area contributed by atoms with Crippen LogP contribution in [-0.4, -0.2) is 29.1 Å². The molecule has 1 aromatic carbocycles. The number of carbonyl (C=O) groups is 1. The molecule has 1 spiro atoms. The van der Waals surface area contributed by atoms with Crippen LogP contribution in [-0.2, 0) is 9.53 Å². The minimum Gasteiger partial charge on any atom is -0.375 e. The second-order valence-electron chi connectivity index (χ2n) is 6.79. The summed E-state index contributed by atoms with van der Waals surface area (Å²) in [6.07, 6.45) is 5.15. The Kier molecular flexibility index (Phi) is 4.12. The maximum Gasteiger partial charge on any atom is 0.227 e. The molecule has 1 saturated heterocycles. The third kappa shape index (κ3) is 3.09. The van der Waals surface area contributed by atoms with Crippen LogP contribution in [0.25, 0.3) is 10.6 Å². The predicted octanol–water partition coefficient (Wildman–Crippen LogP) is 3.04. The number of carbonyl (C=O) groups excluding carboxylic acids is 1. The smallest absolute Gasteiger partial charge is 0.227 e. The Balaban J connectivity index is 1.34. The lowest BCUT2D eigenvalue weighted by Crippen LogP contribution is -2.55. The first-order valence-electron chi connectivity index (χ1n) is 8.34. The molecule has 2 aliphatic rings. The van der Waals surface area contributed by atoms with Crippen LogP contribution in [0.1, 0.15) is 25.7 Å². The minimum absolute atomic E-state index is 0.0222. The Morgan fingerprint density at radius 3 is 2.75 bits per heavy atom. The van der Waals surface area contributed by atoms with Gasteiger partial charge in [0, 0.05) is 41.4 Å². The van der Waals surface area contributed by atoms with Crippen LogP contribution >= 0.6 is 11.3 Å². The van der Waals surface area contributed by atoms with Crippen molar-refractivity contribution < 1.29 is 9.53 Å². The zero-order valence-corrected chi connectivity index (χ0v) is 14.2. The first-order valence-corrected chi connectivity index (χ1v) is 9.22. The molecule has 24 heavy (non-hydrogen) atoms. The molecule has 2 fully saturated rings. The molecule has 3 N–H and O–H groups in total. The normalized spacial score (nSPS) is 29.2. The second-order valence-corrected chi connectivity index (χ2v) is 7.69. The number of ether oxygens (including phenoxy) is 1. The number of amides is 1. The fraction of sp³-hybridized carbons (Fsp3) is 0.444. The van der Waals surface area contributed by atoms with Gasteiger partial charge < -0.3 is 15.8 Å². The van der Waals surface area contributed by atoms with Crippen LogP contribution in [0.5, 0.6) is 0 Å². The highest BCUT2D eigenvalue weighted by atomic mass is 32.1. The topological polar surface area (TPSA) is 77.2 Å². The largest absolute Gasteiger partial charge is 0.375 e. The molecule has 1 aliphatic heterocycles. The predicted molar refractivity (Wildman–Crippen MR) is 94.8 cm³/mol. The summed E-state index contributed by atoms with van der Waals surface area (Å²) >= 11 is 1.60. The molecule has 6 heteroatoms. The Morgan fingerprint density at radius 2 is 2.08 bits per heavy atom. The van der Waals surface area contributed by atoms with E-state index < -0.39 is 0 Å². The number of hydrogen-bond donors (Lipinski definition) is 2. The zero-order valence-electron chi connectivity index (χ0n) is 13.4. The van der Waals surface area contributed by atoms with E-state index in [-0.39, 0.29) is 23.5 Å². The highest BCUT2D eigenvalue weighted by Crippen LogP contribution is 2.46. The SMILES string of the molecule is NC1CCOC2(C1)CC(C(=O)Nc1ccc(-c3nccs3)cc1)C2. The molecule has 1 saturated carbocycles. The number of rotatable bonds is 3. The van der Waals surface area contributed by atoms with E-state index >= 15 is 0 Å². The first kappa shape index (κ1) is 15.7. The van der Waals surface area contributed by atoms with Crippen LogP contribution in [0, 0.1) is 5.92 Å². The number of thiazole rings is 1. The van der Waals surface area contributed by atoms with Gasteiger partial charge in [-0.1, -0.05) is 0 Å². The number of anilines is 1. The summed E-state index contributed by atoms with van der Waals surface area (Å²) < 4.78 is 5.89. The molecule has 2 aromatic rings. The van der Waals surface area contributed by atoms with Gasteiger partial charge in [0.05, 0.1) is 5.60 Å². The third-order valence-electron chi connectivity index (χ3n) is 4.97. The molecular weight excluding hydrogens is 322 g/mol. The fourth-order valence-corrected chi connectivity index (χ4v) is 4.32. The van der Waals surface area contributed by atoms with E-state index in [4.69, 9.17) is 10.5 Å². The molecular formula is C18H21N3O2S. The lowest BCUT2D eigenvalue weighted by molar-refractivity contribution is -0.166. The summed E-state index contributed by atoms with van der Waals surface area (Å²) in [7, 11) is 0. The van der Waals surface area contributed by atoms with Crippen molar-refractivity contribution in [2.75, 3.05) is 11.9 Å². The molecule has 1 aromatic heterocycles. The summed E-state index contributed by atoms with van der Waals surface area (Å²) in [6.45, 7) is 0.716. The number of nitrogens with two attached hydrogens (primary N) is 1. The highest BCUT2D eigenvalue weighted by molar-refractivity contribution is 7.13. The van der Waals surface area contributed by atoms with E-state index in [2.05, 4.69) is 10.3 Å². The van der Waals surface area contributed by atoms with E-state index in [1.54, 1.807) is 17.5 Å². The summed E-state index contributed by atoms with van der Waals surface area (Å²) in [5.41, 5.74) is 7.78. The molecule has 0 radical (unpaired) electrons. The van der Waals surface area contributed by atoms with Crippen molar-refractivity contribution in [1.29, 1.82) is 0 Å². The van der Waals surface area contributed by atoms with Gasteiger partial charge in [0.15, 0.2) is 0 Å². The van der Waals surface area contributed by atoms with E-state index in [1.165, 1.54) is 0 Å². The van der Waals surface area contributed by atoms with Crippen LogP contribution < -0.4 is 11.1 Å². The van der Waals surface area contributed by atoms with Crippen molar-refractivity contribution in [3.05, 3.63) is 35.8 Å². The maximum absolute atomic E-state index is 12.4. The number of benzene rings is 1. The lowest BCUT2D eigenvalue weighted by Gasteiger charge is -2.50. The average Bonchev–Trinajstić information content (AvgIpc) is 3.07. The van der Waals surface area contributed by atoms with Crippen molar-refractivity contribution in [3.8, 4) is 10.6 Å². The lowest BCUT2D eigenvalue weighted by atomic mass is 9.66. The quantitative estimate of drug-likeness (QED) is 0.898. The van der Waals surface area contributed by atoms with Crippen molar-refractivity contribution in [2.24, 2.45) is 11.7 Å². The summed E-state index contributed by atoms with van der Waals surface area (Å²) in [5, 5.41) is 5.95. The van der Waals surface area contributed by atoms with Gasteiger partial charge in [0.2, 0.25) is 5.91 Å². The molecule has 2 heterocycles. The molecule has 1 aliphatic carbocycles. The molecule has 126 valence electrons. The Bertz CT molecular complexity index is 708. The Hall–Kier alpha value is -1.76. The van der Waals surface area contributed by atoms with E-state index in [0.29, 0.717) is 6.61 Å².